The second-order valence-electron chi connectivity index (χ2n) is 4.65. The molecule has 2 aliphatic rings. The summed E-state index contributed by atoms with van der Waals surface area (Å²) in [4.78, 5) is 15.5. The number of fused-ring (bicyclic) bond motifs is 1. The highest BCUT2D eigenvalue weighted by molar-refractivity contribution is 5.93. The van der Waals surface area contributed by atoms with Crippen LogP contribution in [0.15, 0.2) is 4.52 Å². The molecule has 7 heteroatoms. The number of amides is 1. The van der Waals surface area contributed by atoms with Gasteiger partial charge < -0.3 is 4.52 Å². The van der Waals surface area contributed by atoms with E-state index in [9.17, 15) is 13.6 Å². The summed E-state index contributed by atoms with van der Waals surface area (Å²) in [6.07, 6.45) is 0.310. The second kappa shape index (κ2) is 3.24. The predicted octanol–water partition coefficient (Wildman–Crippen LogP) is 1.61. The van der Waals surface area contributed by atoms with Crippen molar-refractivity contribution >= 4 is 11.9 Å². The Labute approximate surface area is 95.6 Å². The van der Waals surface area contributed by atoms with Crippen LogP contribution in [0.5, 0.6) is 0 Å². The van der Waals surface area contributed by atoms with Gasteiger partial charge in [0.1, 0.15) is 0 Å². The summed E-state index contributed by atoms with van der Waals surface area (Å²) in [5, 5.41) is 5.88. The zero-order chi connectivity index (χ0) is 12.2. The molecule has 1 aromatic rings. The lowest BCUT2D eigenvalue weighted by Gasteiger charge is -2.12. The number of carbonyl (C=O) groups is 1. The van der Waals surface area contributed by atoms with Gasteiger partial charge in [-0.15, -0.1) is 0 Å². The van der Waals surface area contributed by atoms with Crippen molar-refractivity contribution in [2.45, 2.75) is 25.7 Å². The molecule has 1 N–H and O–H groups in total. The molecule has 3 rings (SSSR count). The number of carbonyl (C=O) groups excluding carboxylic acids is 1. The Balaban J connectivity index is 1.66. The SMILES string of the molecule is Cc1noc(NC(=O)[C@@H]2[C@@H]3CCC(F)(F)[C@@H]32)n1. The maximum atomic E-state index is 13.3. The summed E-state index contributed by atoms with van der Waals surface area (Å²) in [7, 11) is 0. The van der Waals surface area contributed by atoms with Crippen LogP contribution in [-0.2, 0) is 4.79 Å². The Kier molecular flexibility index (Phi) is 2.02. The van der Waals surface area contributed by atoms with Gasteiger partial charge in [-0.2, -0.15) is 4.98 Å². The number of nitrogens with one attached hydrogen (secondary N) is 1. The standard InChI is InChI=1S/C10H11F2N3O2/c1-4-13-9(17-15-4)14-8(16)6-5-2-3-10(11,12)7(5)6/h5-7H,2-3H2,1H3,(H,13,14,15,16)/t5-,6+,7-/m0/s1. The smallest absolute Gasteiger partial charge is 0.315 e. The number of aromatic nitrogens is 2. The number of halogens is 2. The van der Waals surface area contributed by atoms with Crippen molar-refractivity contribution in [1.29, 1.82) is 0 Å². The van der Waals surface area contributed by atoms with Crippen molar-refractivity contribution in [2.24, 2.45) is 17.8 Å². The van der Waals surface area contributed by atoms with Gasteiger partial charge in [-0.05, 0) is 19.3 Å². The van der Waals surface area contributed by atoms with Crippen molar-refractivity contribution in [3.05, 3.63) is 5.82 Å². The van der Waals surface area contributed by atoms with Gasteiger partial charge in [0.15, 0.2) is 5.82 Å². The van der Waals surface area contributed by atoms with Gasteiger partial charge in [0.2, 0.25) is 5.91 Å². The number of hydrogen-bond donors (Lipinski definition) is 1. The van der Waals surface area contributed by atoms with Gasteiger partial charge in [0.05, 0.1) is 5.92 Å². The zero-order valence-corrected chi connectivity index (χ0v) is 9.11. The van der Waals surface area contributed by atoms with Crippen LogP contribution < -0.4 is 5.32 Å². The number of nitrogens with zero attached hydrogens (tertiary/aromatic N) is 2. The number of aryl methyl sites for hydroxylation is 1. The molecule has 0 aliphatic heterocycles. The molecule has 0 bridgehead atoms. The maximum Gasteiger partial charge on any atom is 0.328 e. The van der Waals surface area contributed by atoms with Crippen LogP contribution in [0.4, 0.5) is 14.8 Å². The monoisotopic (exact) mass is 243 g/mol. The van der Waals surface area contributed by atoms with Crippen molar-refractivity contribution in [2.75, 3.05) is 5.32 Å². The zero-order valence-electron chi connectivity index (χ0n) is 9.11. The first-order valence-corrected chi connectivity index (χ1v) is 5.48. The van der Waals surface area contributed by atoms with E-state index in [1.54, 1.807) is 6.92 Å². The van der Waals surface area contributed by atoms with Gasteiger partial charge in [-0.25, -0.2) is 8.78 Å². The van der Waals surface area contributed by atoms with Gasteiger partial charge in [0, 0.05) is 12.3 Å². The topological polar surface area (TPSA) is 68.0 Å². The third kappa shape index (κ3) is 1.60. The van der Waals surface area contributed by atoms with E-state index in [1.165, 1.54) is 0 Å². The molecule has 92 valence electrons. The van der Waals surface area contributed by atoms with Crippen molar-refractivity contribution in [1.82, 2.24) is 10.1 Å². The van der Waals surface area contributed by atoms with Gasteiger partial charge in [-0.3, -0.25) is 10.1 Å². The Morgan fingerprint density at radius 1 is 1.59 bits per heavy atom. The summed E-state index contributed by atoms with van der Waals surface area (Å²) >= 11 is 0. The highest BCUT2D eigenvalue weighted by Crippen LogP contribution is 2.64. The fraction of sp³-hybridized carbons (Fsp3) is 0.700. The fourth-order valence-electron chi connectivity index (χ4n) is 2.73. The number of hydrogen-bond acceptors (Lipinski definition) is 4. The van der Waals surface area contributed by atoms with E-state index in [4.69, 9.17) is 4.52 Å². The summed E-state index contributed by atoms with van der Waals surface area (Å²) in [6.45, 7) is 1.61. The molecule has 5 nitrogen and oxygen atoms in total. The number of rotatable bonds is 2. The Bertz CT molecular complexity index is 474. The molecule has 3 atom stereocenters. The normalized spacial score (nSPS) is 33.2. The summed E-state index contributed by atoms with van der Waals surface area (Å²) in [5.41, 5.74) is 0. The molecule has 1 heterocycles. The summed E-state index contributed by atoms with van der Waals surface area (Å²) in [5.74, 6) is -4.34. The van der Waals surface area contributed by atoms with Crippen LogP contribution in [0.3, 0.4) is 0 Å². The molecule has 0 aromatic carbocycles. The van der Waals surface area contributed by atoms with E-state index >= 15 is 0 Å². The molecule has 2 fully saturated rings. The highest BCUT2D eigenvalue weighted by Gasteiger charge is 2.70. The van der Waals surface area contributed by atoms with E-state index in [1.807, 2.05) is 0 Å². The first-order valence-electron chi connectivity index (χ1n) is 5.48. The fourth-order valence-corrected chi connectivity index (χ4v) is 2.73. The second-order valence-corrected chi connectivity index (χ2v) is 4.65. The van der Waals surface area contributed by atoms with E-state index in [0.29, 0.717) is 12.2 Å². The average Bonchev–Trinajstić information content (AvgIpc) is 2.75. The lowest BCUT2D eigenvalue weighted by atomic mass is 10.1. The molecule has 1 amide bonds. The third-order valence-corrected chi connectivity index (χ3v) is 3.53. The average molecular weight is 243 g/mol. The van der Waals surface area contributed by atoms with Gasteiger partial charge in [0.25, 0.3) is 5.92 Å². The van der Waals surface area contributed by atoms with Crippen LogP contribution in [-0.4, -0.2) is 22.0 Å². The van der Waals surface area contributed by atoms with Crippen molar-refractivity contribution in [3.63, 3.8) is 0 Å². The molecule has 0 saturated heterocycles. The van der Waals surface area contributed by atoms with Crippen LogP contribution in [0.25, 0.3) is 0 Å². The summed E-state index contributed by atoms with van der Waals surface area (Å²) < 4.78 is 31.3. The molecular formula is C10H11F2N3O2. The largest absolute Gasteiger partial charge is 0.328 e. The Morgan fingerprint density at radius 2 is 2.35 bits per heavy atom. The van der Waals surface area contributed by atoms with Crippen molar-refractivity contribution in [3.8, 4) is 0 Å². The molecule has 17 heavy (non-hydrogen) atoms. The molecule has 0 radical (unpaired) electrons. The maximum absolute atomic E-state index is 13.3. The van der Waals surface area contributed by atoms with Crippen LogP contribution in [0.2, 0.25) is 0 Å². The first kappa shape index (κ1) is 10.6. The molecule has 0 spiro atoms. The molecular weight excluding hydrogens is 232 g/mol. The predicted molar refractivity (Wildman–Crippen MR) is 52.3 cm³/mol. The van der Waals surface area contributed by atoms with E-state index < -0.39 is 23.7 Å². The molecule has 2 aliphatic carbocycles. The molecule has 2 saturated carbocycles. The minimum absolute atomic E-state index is 0.0270. The highest BCUT2D eigenvalue weighted by atomic mass is 19.3. The van der Waals surface area contributed by atoms with E-state index in [0.717, 1.165) is 0 Å². The molecule has 1 aromatic heterocycles. The van der Waals surface area contributed by atoms with E-state index in [-0.39, 0.29) is 18.4 Å². The minimum atomic E-state index is -2.70. The number of anilines is 1. The Morgan fingerprint density at radius 3 is 2.88 bits per heavy atom. The first-order chi connectivity index (χ1) is 7.99. The van der Waals surface area contributed by atoms with Gasteiger partial charge in [-0.1, -0.05) is 5.16 Å². The lowest BCUT2D eigenvalue weighted by molar-refractivity contribution is -0.120. The minimum Gasteiger partial charge on any atom is -0.315 e. The quantitative estimate of drug-likeness (QED) is 0.856. The van der Waals surface area contributed by atoms with E-state index in [2.05, 4.69) is 15.5 Å². The van der Waals surface area contributed by atoms with Crippen LogP contribution in [0, 0.1) is 24.7 Å². The molecule has 0 unspecified atom stereocenters. The van der Waals surface area contributed by atoms with Gasteiger partial charge >= 0.3 is 6.01 Å². The summed E-state index contributed by atoms with van der Waals surface area (Å²) in [6, 6.07) is -0.0270. The lowest BCUT2D eigenvalue weighted by Crippen LogP contribution is -2.23. The third-order valence-electron chi connectivity index (χ3n) is 3.53. The van der Waals surface area contributed by atoms with Crippen LogP contribution in [0.1, 0.15) is 18.7 Å². The Hall–Kier alpha value is -1.53. The van der Waals surface area contributed by atoms with Crippen molar-refractivity contribution < 1.29 is 18.1 Å². The number of alkyl halides is 2. The van der Waals surface area contributed by atoms with Crippen LogP contribution >= 0.6 is 0 Å².